The van der Waals surface area contributed by atoms with Crippen molar-refractivity contribution in [3.05, 3.63) is 0 Å². The largest absolute Gasteiger partial charge is 0.481 e. The number of nitrogens with zero attached hydrogens (tertiary/aromatic N) is 3. The van der Waals surface area contributed by atoms with Crippen LogP contribution in [-0.2, 0) is 9.59 Å². The summed E-state index contributed by atoms with van der Waals surface area (Å²) in [5, 5.41) is 16.9. The summed E-state index contributed by atoms with van der Waals surface area (Å²) < 4.78 is 0. The lowest BCUT2D eigenvalue weighted by molar-refractivity contribution is -0.137. The van der Waals surface area contributed by atoms with Crippen molar-refractivity contribution in [2.75, 3.05) is 33.7 Å². The number of hydrogen-bond acceptors (Lipinski definition) is 4. The molecule has 1 N–H and O–H groups in total. The first-order valence-electron chi connectivity index (χ1n) is 5.48. The van der Waals surface area contributed by atoms with E-state index in [1.807, 2.05) is 6.07 Å². The fourth-order valence-electron chi connectivity index (χ4n) is 1.27. The van der Waals surface area contributed by atoms with Crippen LogP contribution < -0.4 is 0 Å². The lowest BCUT2D eigenvalue weighted by atomic mass is 10.3. The zero-order valence-corrected chi connectivity index (χ0v) is 10.3. The Kier molecular flexibility index (Phi) is 7.72. The highest BCUT2D eigenvalue weighted by atomic mass is 16.4. The predicted octanol–water partition coefficient (Wildman–Crippen LogP) is 0.155. The van der Waals surface area contributed by atoms with Crippen LogP contribution in [-0.4, -0.2) is 60.5 Å². The molecule has 0 atom stereocenters. The molecule has 1 amide bonds. The van der Waals surface area contributed by atoms with Crippen LogP contribution in [0.5, 0.6) is 0 Å². The Morgan fingerprint density at radius 3 is 2.47 bits per heavy atom. The van der Waals surface area contributed by atoms with Gasteiger partial charge in [-0.15, -0.1) is 0 Å². The lowest BCUT2D eigenvalue weighted by Crippen LogP contribution is -2.37. The van der Waals surface area contributed by atoms with Crippen molar-refractivity contribution in [1.82, 2.24) is 9.80 Å². The molecule has 0 spiro atoms. The minimum absolute atomic E-state index is 0.0573. The van der Waals surface area contributed by atoms with E-state index in [-0.39, 0.29) is 18.9 Å². The van der Waals surface area contributed by atoms with Crippen molar-refractivity contribution in [1.29, 1.82) is 5.26 Å². The fraction of sp³-hybridized carbons (Fsp3) is 0.727. The van der Waals surface area contributed by atoms with Gasteiger partial charge in [0.1, 0.15) is 0 Å². The standard InChI is InChI=1S/C11H19N3O3/c1-13(7-3-5-11(16)17)9-10(15)14(2)8-4-6-12/h3-5,7-9H2,1-2H3,(H,16,17). The van der Waals surface area contributed by atoms with E-state index in [4.69, 9.17) is 10.4 Å². The molecule has 0 aliphatic carbocycles. The predicted molar refractivity (Wildman–Crippen MR) is 62.2 cm³/mol. The van der Waals surface area contributed by atoms with E-state index in [1.165, 1.54) is 4.90 Å². The van der Waals surface area contributed by atoms with Crippen molar-refractivity contribution in [2.24, 2.45) is 0 Å². The molecule has 0 aromatic heterocycles. The van der Waals surface area contributed by atoms with E-state index >= 15 is 0 Å². The van der Waals surface area contributed by atoms with Crippen LogP contribution in [0, 0.1) is 11.3 Å². The molecule has 0 unspecified atom stereocenters. The summed E-state index contributed by atoms with van der Waals surface area (Å²) in [5.74, 6) is -0.881. The molecule has 0 aliphatic rings. The van der Waals surface area contributed by atoms with Gasteiger partial charge in [0.25, 0.3) is 0 Å². The summed E-state index contributed by atoms with van der Waals surface area (Å²) in [6.07, 6.45) is 0.967. The number of aliphatic carboxylic acids is 1. The van der Waals surface area contributed by atoms with Gasteiger partial charge in [-0.1, -0.05) is 0 Å². The summed E-state index contributed by atoms with van der Waals surface area (Å²) >= 11 is 0. The molecular weight excluding hydrogens is 222 g/mol. The third-order valence-electron chi connectivity index (χ3n) is 2.32. The summed E-state index contributed by atoms with van der Waals surface area (Å²) in [4.78, 5) is 25.2. The average molecular weight is 241 g/mol. The van der Waals surface area contributed by atoms with E-state index in [9.17, 15) is 9.59 Å². The zero-order valence-electron chi connectivity index (χ0n) is 10.3. The van der Waals surface area contributed by atoms with E-state index in [0.717, 1.165) is 0 Å². The number of likely N-dealkylation sites (N-methyl/N-ethyl adjacent to an activating group) is 2. The first-order chi connectivity index (χ1) is 7.97. The quantitative estimate of drug-likeness (QED) is 0.654. The molecule has 0 radical (unpaired) electrons. The average Bonchev–Trinajstić information content (AvgIpc) is 2.25. The maximum absolute atomic E-state index is 11.6. The molecule has 6 heteroatoms. The second kappa shape index (κ2) is 8.53. The molecule has 0 aliphatic heterocycles. The number of amides is 1. The van der Waals surface area contributed by atoms with Gasteiger partial charge in [-0.3, -0.25) is 14.5 Å². The van der Waals surface area contributed by atoms with Gasteiger partial charge in [-0.25, -0.2) is 0 Å². The van der Waals surface area contributed by atoms with Gasteiger partial charge >= 0.3 is 5.97 Å². The number of carbonyl (C=O) groups is 2. The van der Waals surface area contributed by atoms with Crippen LogP contribution in [0.25, 0.3) is 0 Å². The summed E-state index contributed by atoms with van der Waals surface area (Å²) in [6, 6.07) is 1.98. The normalized spacial score (nSPS) is 10.0. The molecule has 0 saturated heterocycles. The Balaban J connectivity index is 3.79. The van der Waals surface area contributed by atoms with E-state index in [0.29, 0.717) is 25.9 Å². The number of carboxylic acids is 1. The Morgan fingerprint density at radius 1 is 1.29 bits per heavy atom. The van der Waals surface area contributed by atoms with Crippen LogP contribution in [0.4, 0.5) is 0 Å². The topological polar surface area (TPSA) is 84.6 Å². The van der Waals surface area contributed by atoms with E-state index in [2.05, 4.69) is 0 Å². The molecule has 0 heterocycles. The summed E-state index contributed by atoms with van der Waals surface area (Å²) in [7, 11) is 3.43. The van der Waals surface area contributed by atoms with Crippen molar-refractivity contribution < 1.29 is 14.7 Å². The first kappa shape index (κ1) is 15.4. The van der Waals surface area contributed by atoms with Crippen molar-refractivity contribution in [3.8, 4) is 6.07 Å². The number of hydrogen-bond donors (Lipinski definition) is 1. The second-order valence-corrected chi connectivity index (χ2v) is 3.96. The Hall–Kier alpha value is -1.61. The molecule has 0 rings (SSSR count). The van der Waals surface area contributed by atoms with Gasteiger partial charge in [0.05, 0.1) is 19.0 Å². The highest BCUT2D eigenvalue weighted by Crippen LogP contribution is 1.95. The molecule has 0 bridgehead atoms. The molecule has 0 fully saturated rings. The Labute approximate surface area is 101 Å². The van der Waals surface area contributed by atoms with Crippen LogP contribution in [0.2, 0.25) is 0 Å². The SMILES string of the molecule is CN(CCCC(=O)O)CC(=O)N(C)CCC#N. The molecule has 6 nitrogen and oxygen atoms in total. The van der Waals surface area contributed by atoms with E-state index < -0.39 is 5.97 Å². The third-order valence-corrected chi connectivity index (χ3v) is 2.32. The van der Waals surface area contributed by atoms with Crippen molar-refractivity contribution in [3.63, 3.8) is 0 Å². The number of nitriles is 1. The second-order valence-electron chi connectivity index (χ2n) is 3.96. The van der Waals surface area contributed by atoms with Gasteiger partial charge < -0.3 is 10.0 Å². The fourth-order valence-corrected chi connectivity index (χ4v) is 1.27. The highest BCUT2D eigenvalue weighted by molar-refractivity contribution is 5.77. The molecule has 0 saturated carbocycles. The Morgan fingerprint density at radius 2 is 1.94 bits per heavy atom. The number of rotatable bonds is 8. The monoisotopic (exact) mass is 241 g/mol. The van der Waals surface area contributed by atoms with Crippen LogP contribution in [0.3, 0.4) is 0 Å². The number of carbonyl (C=O) groups excluding carboxylic acids is 1. The lowest BCUT2D eigenvalue weighted by Gasteiger charge is -2.20. The first-order valence-corrected chi connectivity index (χ1v) is 5.48. The van der Waals surface area contributed by atoms with Gasteiger partial charge in [0.2, 0.25) is 5.91 Å². The minimum atomic E-state index is -0.823. The smallest absolute Gasteiger partial charge is 0.303 e. The number of carboxylic acid groups (broad SMARTS) is 1. The summed E-state index contributed by atoms with van der Waals surface area (Å²) in [5.41, 5.74) is 0. The van der Waals surface area contributed by atoms with Crippen LogP contribution in [0.1, 0.15) is 19.3 Å². The van der Waals surface area contributed by atoms with Gasteiger partial charge in [0, 0.05) is 20.0 Å². The van der Waals surface area contributed by atoms with Gasteiger partial charge in [-0.2, -0.15) is 5.26 Å². The highest BCUT2D eigenvalue weighted by Gasteiger charge is 2.11. The maximum atomic E-state index is 11.6. The Bertz CT molecular complexity index is 299. The van der Waals surface area contributed by atoms with Crippen molar-refractivity contribution >= 4 is 11.9 Å². The molecule has 0 aromatic carbocycles. The van der Waals surface area contributed by atoms with Gasteiger partial charge in [-0.05, 0) is 20.0 Å². The minimum Gasteiger partial charge on any atom is -0.481 e. The third kappa shape index (κ3) is 8.22. The molecule has 17 heavy (non-hydrogen) atoms. The van der Waals surface area contributed by atoms with Gasteiger partial charge in [0.15, 0.2) is 0 Å². The maximum Gasteiger partial charge on any atom is 0.303 e. The molecule has 0 aromatic rings. The molecule has 96 valence electrons. The molecular formula is C11H19N3O3. The zero-order chi connectivity index (χ0) is 13.3. The van der Waals surface area contributed by atoms with Crippen LogP contribution in [0.15, 0.2) is 0 Å². The van der Waals surface area contributed by atoms with Crippen molar-refractivity contribution in [2.45, 2.75) is 19.3 Å². The van der Waals surface area contributed by atoms with E-state index in [1.54, 1.807) is 19.0 Å². The van der Waals surface area contributed by atoms with Crippen LogP contribution >= 0.6 is 0 Å². The summed E-state index contributed by atoms with van der Waals surface area (Å²) in [6.45, 7) is 1.25.